The first-order valence-electron chi connectivity index (χ1n) is 7.43. The first kappa shape index (κ1) is 18.4. The number of rotatable bonds is 0. The Morgan fingerprint density at radius 2 is 0.667 bits per heavy atom. The van der Waals surface area contributed by atoms with Crippen LogP contribution in [0, 0.1) is 0 Å². The summed E-state index contributed by atoms with van der Waals surface area (Å²) in [7, 11) is 4.53. The molecule has 18 heavy (non-hydrogen) atoms. The van der Waals surface area contributed by atoms with E-state index in [-0.39, 0.29) is 0 Å². The molecule has 0 aromatic heterocycles. The Morgan fingerprint density at radius 1 is 0.444 bits per heavy atom. The van der Waals surface area contributed by atoms with Crippen molar-refractivity contribution in [2.45, 2.75) is 77.0 Å². The molecule has 0 bridgehead atoms. The molecular weight excluding hydrogens is 331 g/mol. The van der Waals surface area contributed by atoms with Gasteiger partial charge in [0.2, 0.25) is 0 Å². The van der Waals surface area contributed by atoms with Crippen molar-refractivity contribution >= 4 is 9.69 Å². The Kier molecular flexibility index (Phi) is 17.8. The van der Waals surface area contributed by atoms with Crippen LogP contribution in [0.4, 0.5) is 0 Å². The van der Waals surface area contributed by atoms with Crippen molar-refractivity contribution in [3.05, 3.63) is 24.3 Å². The summed E-state index contributed by atoms with van der Waals surface area (Å²) in [4.78, 5) is 0. The van der Waals surface area contributed by atoms with E-state index in [9.17, 15) is 0 Å². The van der Waals surface area contributed by atoms with E-state index in [0.717, 1.165) is 0 Å². The molecule has 2 rings (SSSR count). The average Bonchev–Trinajstić information content (AvgIpc) is 2.30. The van der Waals surface area contributed by atoms with Crippen molar-refractivity contribution < 1.29 is 17.3 Å². The second-order valence-electron chi connectivity index (χ2n) is 4.93. The van der Waals surface area contributed by atoms with E-state index in [4.69, 9.17) is 0 Å². The molecule has 0 radical (unpaired) electrons. The second-order valence-corrected chi connectivity index (χ2v) is 4.93. The fourth-order valence-corrected chi connectivity index (χ4v) is 2.23. The van der Waals surface area contributed by atoms with Gasteiger partial charge < -0.3 is 0 Å². The van der Waals surface area contributed by atoms with E-state index in [1.54, 1.807) is 0 Å². The summed E-state index contributed by atoms with van der Waals surface area (Å²) in [6.45, 7) is 0. The third-order valence-corrected chi connectivity index (χ3v) is 3.32. The maximum absolute atomic E-state index is 4.53. The molecule has 0 aliphatic heterocycles. The van der Waals surface area contributed by atoms with E-state index in [2.05, 4.69) is 34.0 Å². The average molecular weight is 359 g/mol. The number of hydrogen-bond acceptors (Lipinski definition) is 0. The summed E-state index contributed by atoms with van der Waals surface area (Å²) in [6.07, 6.45) is 26.0. The van der Waals surface area contributed by atoms with Gasteiger partial charge in [0.1, 0.15) is 0 Å². The summed E-state index contributed by atoms with van der Waals surface area (Å²) >= 11 is 2.02. The fraction of sp³-hybridized carbons (Fsp3) is 0.750. The molecule has 0 saturated carbocycles. The van der Waals surface area contributed by atoms with E-state index in [0.29, 0.717) is 0 Å². The van der Waals surface area contributed by atoms with E-state index < -0.39 is 0 Å². The molecule has 2 aliphatic carbocycles. The second kappa shape index (κ2) is 17.4. The van der Waals surface area contributed by atoms with Crippen LogP contribution in [0.5, 0.6) is 0 Å². The van der Waals surface area contributed by atoms with Crippen LogP contribution in [0.25, 0.3) is 0 Å². The van der Waals surface area contributed by atoms with Crippen molar-refractivity contribution in [2.24, 2.45) is 0 Å². The molecule has 0 fully saturated rings. The van der Waals surface area contributed by atoms with Crippen molar-refractivity contribution in [2.75, 3.05) is 0 Å². The molecule has 2 heteroatoms. The Balaban J connectivity index is 0.000000283. The van der Waals surface area contributed by atoms with Crippen LogP contribution in [0.2, 0.25) is 0 Å². The fourth-order valence-electron chi connectivity index (χ4n) is 2.23. The summed E-state index contributed by atoms with van der Waals surface area (Å²) in [6, 6.07) is 0. The van der Waals surface area contributed by atoms with Gasteiger partial charge in [-0.15, -0.1) is 0 Å². The van der Waals surface area contributed by atoms with Crippen LogP contribution in [0.15, 0.2) is 24.3 Å². The number of halogens is 1. The first-order chi connectivity index (χ1) is 9.00. The number of hydrogen-bond donors (Lipinski definition) is 0. The molecule has 0 aromatic rings. The van der Waals surface area contributed by atoms with Crippen molar-refractivity contribution in [1.29, 1.82) is 0 Å². The summed E-state index contributed by atoms with van der Waals surface area (Å²) in [5, 5.41) is 0. The van der Waals surface area contributed by atoms with Gasteiger partial charge >= 0.3 is 27.0 Å². The van der Waals surface area contributed by atoms with Crippen LogP contribution in [0.3, 0.4) is 0 Å². The van der Waals surface area contributed by atoms with Crippen LogP contribution < -0.4 is 0 Å². The Hall–Kier alpha value is 0.393. The summed E-state index contributed by atoms with van der Waals surface area (Å²) in [5.74, 6) is 0. The van der Waals surface area contributed by atoms with Gasteiger partial charge in [-0.3, -0.25) is 0 Å². The van der Waals surface area contributed by atoms with Crippen LogP contribution in [-0.4, -0.2) is 0 Å². The molecule has 0 saturated heterocycles. The van der Waals surface area contributed by atoms with Crippen molar-refractivity contribution in [3.63, 3.8) is 0 Å². The van der Waals surface area contributed by atoms with Gasteiger partial charge in [-0.1, -0.05) is 50.0 Å². The molecule has 0 amide bonds. The van der Waals surface area contributed by atoms with E-state index >= 15 is 0 Å². The Bertz CT molecular complexity index is 157. The van der Waals surface area contributed by atoms with E-state index in [1.165, 1.54) is 77.0 Å². The molecule has 0 nitrogen and oxygen atoms in total. The molecule has 0 spiro atoms. The maximum atomic E-state index is 4.53. The van der Waals surface area contributed by atoms with Gasteiger partial charge in [0.05, 0.1) is 0 Å². The normalized spacial score (nSPS) is 23.5. The van der Waals surface area contributed by atoms with Crippen molar-refractivity contribution in [3.8, 4) is 0 Å². The predicted octanol–water partition coefficient (Wildman–Crippen LogP) is 6.48. The third kappa shape index (κ3) is 14.5. The van der Waals surface area contributed by atoms with Crippen molar-refractivity contribution in [1.82, 2.24) is 0 Å². The molecule has 0 N–H and O–H groups in total. The third-order valence-electron chi connectivity index (χ3n) is 3.32. The van der Waals surface area contributed by atoms with Gasteiger partial charge in [-0.2, -0.15) is 0 Å². The summed E-state index contributed by atoms with van der Waals surface area (Å²) in [5.41, 5.74) is 0. The molecule has 0 atom stereocenters. The zero-order chi connectivity index (χ0) is 13.3. The summed E-state index contributed by atoms with van der Waals surface area (Å²) < 4.78 is 0. The predicted molar refractivity (Wildman–Crippen MR) is 79.5 cm³/mol. The van der Waals surface area contributed by atoms with Crippen LogP contribution >= 0.6 is 9.69 Å². The van der Waals surface area contributed by atoms with Crippen LogP contribution in [0.1, 0.15) is 77.0 Å². The first-order valence-corrected chi connectivity index (χ1v) is 9.54. The monoisotopic (exact) mass is 358 g/mol. The molecular formula is C16H28ClRh. The van der Waals surface area contributed by atoms with Gasteiger partial charge in [0.25, 0.3) is 0 Å². The Labute approximate surface area is 128 Å². The van der Waals surface area contributed by atoms with Gasteiger partial charge in [-0.05, 0) is 51.4 Å². The molecule has 108 valence electrons. The van der Waals surface area contributed by atoms with Crippen LogP contribution in [-0.2, 0) is 17.3 Å². The minimum absolute atomic E-state index is 1.32. The number of allylic oxidation sites excluding steroid dienone is 4. The van der Waals surface area contributed by atoms with Gasteiger partial charge in [-0.25, -0.2) is 0 Å². The zero-order valence-corrected chi connectivity index (χ0v) is 13.9. The molecule has 0 heterocycles. The van der Waals surface area contributed by atoms with Gasteiger partial charge in [0.15, 0.2) is 0 Å². The topological polar surface area (TPSA) is 0 Å². The molecule has 2 aliphatic rings. The zero-order valence-electron chi connectivity index (χ0n) is 11.5. The van der Waals surface area contributed by atoms with Gasteiger partial charge in [0, 0.05) is 0 Å². The molecule has 0 unspecified atom stereocenters. The SMILES string of the molecule is C1=C\CCCCCC/1.C1=C\CCCCCC/1.[Cl][Rh]. The standard InChI is InChI=1S/2C8H14.ClH.Rh/c2*1-2-4-6-8-7-5-3-1;;/h2*1-2H,3-8H2;1H;/q;;;+1/p-1/b2*2-1-;;. The quantitative estimate of drug-likeness (QED) is 0.343. The molecule has 0 aromatic carbocycles. The Morgan fingerprint density at radius 3 is 0.889 bits per heavy atom. The minimum atomic E-state index is 1.32. The van der Waals surface area contributed by atoms with E-state index in [1.807, 2.05) is 17.3 Å².